The number of alkyl carbamates (subject to hydrolysis) is 1. The van der Waals surface area contributed by atoms with Crippen LogP contribution in [0.4, 0.5) is 4.79 Å². The average molecular weight is 246 g/mol. The molecular formula is C14H18N2O2. The second-order valence-electron chi connectivity index (χ2n) is 4.42. The maximum absolute atomic E-state index is 11.6. The largest absolute Gasteiger partial charge is 0.445 e. The van der Waals surface area contributed by atoms with Crippen molar-refractivity contribution in [3.8, 4) is 6.07 Å². The smallest absolute Gasteiger partial charge is 0.407 e. The Morgan fingerprint density at radius 1 is 1.39 bits per heavy atom. The van der Waals surface area contributed by atoms with Crippen LogP contribution in [0.15, 0.2) is 30.3 Å². The highest BCUT2D eigenvalue weighted by molar-refractivity contribution is 5.67. The summed E-state index contributed by atoms with van der Waals surface area (Å²) in [6, 6.07) is 11.4. The molecule has 0 saturated carbocycles. The molecule has 96 valence electrons. The Labute approximate surface area is 108 Å². The van der Waals surface area contributed by atoms with Gasteiger partial charge in [0.05, 0.1) is 12.5 Å². The summed E-state index contributed by atoms with van der Waals surface area (Å²) in [5.74, 6) is 0.203. The zero-order chi connectivity index (χ0) is 13.4. The number of nitrogens with one attached hydrogen (secondary N) is 1. The lowest BCUT2D eigenvalue weighted by Gasteiger charge is -2.19. The summed E-state index contributed by atoms with van der Waals surface area (Å²) in [5.41, 5.74) is 0.939. The van der Waals surface area contributed by atoms with Crippen molar-refractivity contribution in [1.82, 2.24) is 5.32 Å². The zero-order valence-corrected chi connectivity index (χ0v) is 10.7. The first-order valence-corrected chi connectivity index (χ1v) is 5.97. The second-order valence-corrected chi connectivity index (χ2v) is 4.42. The van der Waals surface area contributed by atoms with Gasteiger partial charge in [0.15, 0.2) is 0 Å². The average Bonchev–Trinajstić information content (AvgIpc) is 2.37. The van der Waals surface area contributed by atoms with Gasteiger partial charge in [-0.25, -0.2) is 4.79 Å². The first kappa shape index (κ1) is 14.0. The number of rotatable bonds is 5. The van der Waals surface area contributed by atoms with Crippen molar-refractivity contribution in [3.05, 3.63) is 35.9 Å². The number of carbonyl (C=O) groups excluding carboxylic acids is 1. The van der Waals surface area contributed by atoms with Crippen LogP contribution in [0.2, 0.25) is 0 Å². The highest BCUT2D eigenvalue weighted by Crippen LogP contribution is 2.06. The van der Waals surface area contributed by atoms with Crippen LogP contribution in [0.1, 0.15) is 25.8 Å². The fourth-order valence-electron chi connectivity index (χ4n) is 1.47. The summed E-state index contributed by atoms with van der Waals surface area (Å²) < 4.78 is 5.10. The lowest BCUT2D eigenvalue weighted by atomic mass is 10.0. The Morgan fingerprint density at radius 3 is 2.61 bits per heavy atom. The number of ether oxygens (including phenoxy) is 1. The minimum atomic E-state index is -0.479. The molecule has 0 unspecified atom stereocenters. The van der Waals surface area contributed by atoms with Gasteiger partial charge in [-0.05, 0) is 11.5 Å². The van der Waals surface area contributed by atoms with Crippen molar-refractivity contribution in [3.63, 3.8) is 0 Å². The highest BCUT2D eigenvalue weighted by atomic mass is 16.5. The molecule has 0 bridgehead atoms. The molecule has 1 amide bonds. The molecule has 0 fully saturated rings. The van der Waals surface area contributed by atoms with Crippen LogP contribution in [-0.4, -0.2) is 12.1 Å². The van der Waals surface area contributed by atoms with E-state index in [2.05, 4.69) is 11.4 Å². The standard InChI is InChI=1S/C14H18N2O2/c1-11(2)13(8-9-15)16-14(17)18-10-12-6-4-3-5-7-12/h3-7,11,13H,8,10H2,1-2H3,(H,16,17)/t13-/m1/s1. The predicted octanol–water partition coefficient (Wildman–Crippen LogP) is 2.85. The zero-order valence-electron chi connectivity index (χ0n) is 10.7. The monoisotopic (exact) mass is 246 g/mol. The molecule has 18 heavy (non-hydrogen) atoms. The molecule has 0 aliphatic rings. The molecule has 4 nitrogen and oxygen atoms in total. The number of carbonyl (C=O) groups is 1. The maximum Gasteiger partial charge on any atom is 0.407 e. The van der Waals surface area contributed by atoms with Crippen LogP contribution in [0.25, 0.3) is 0 Å². The molecule has 0 saturated heterocycles. The minimum absolute atomic E-state index is 0.168. The molecule has 1 N–H and O–H groups in total. The van der Waals surface area contributed by atoms with Crippen LogP contribution in [-0.2, 0) is 11.3 Å². The summed E-state index contributed by atoms with van der Waals surface area (Å²) in [6.45, 7) is 4.16. The normalized spacial score (nSPS) is 11.7. The van der Waals surface area contributed by atoms with Crippen molar-refractivity contribution >= 4 is 6.09 Å². The Kier molecular flexibility index (Phi) is 5.72. The maximum atomic E-state index is 11.6. The number of benzene rings is 1. The molecule has 0 aliphatic carbocycles. The van der Waals surface area contributed by atoms with Crippen molar-refractivity contribution < 1.29 is 9.53 Å². The first-order valence-electron chi connectivity index (χ1n) is 5.97. The van der Waals surface area contributed by atoms with E-state index < -0.39 is 6.09 Å². The third-order valence-electron chi connectivity index (χ3n) is 2.63. The van der Waals surface area contributed by atoms with Crippen molar-refractivity contribution in [2.45, 2.75) is 32.9 Å². The molecule has 1 atom stereocenters. The molecule has 1 aromatic carbocycles. The molecule has 0 radical (unpaired) electrons. The lowest BCUT2D eigenvalue weighted by Crippen LogP contribution is -2.38. The lowest BCUT2D eigenvalue weighted by molar-refractivity contribution is 0.133. The molecule has 1 aromatic rings. The van der Waals surface area contributed by atoms with Gasteiger partial charge in [-0.3, -0.25) is 0 Å². The van der Waals surface area contributed by atoms with Crippen molar-refractivity contribution in [2.24, 2.45) is 5.92 Å². The van der Waals surface area contributed by atoms with Gasteiger partial charge in [0.25, 0.3) is 0 Å². The van der Waals surface area contributed by atoms with Gasteiger partial charge in [0.2, 0.25) is 0 Å². The third kappa shape index (κ3) is 4.88. The SMILES string of the molecule is CC(C)[C@@H](CC#N)NC(=O)OCc1ccccc1. The summed E-state index contributed by atoms with van der Waals surface area (Å²) in [6.07, 6.45) is -0.189. The number of hydrogen-bond donors (Lipinski definition) is 1. The fourth-order valence-corrected chi connectivity index (χ4v) is 1.47. The van der Waals surface area contributed by atoms with E-state index in [0.717, 1.165) is 5.56 Å². The predicted molar refractivity (Wildman–Crippen MR) is 68.6 cm³/mol. The van der Waals surface area contributed by atoms with Gasteiger partial charge in [-0.15, -0.1) is 0 Å². The van der Waals surface area contributed by atoms with Crippen LogP contribution in [0.5, 0.6) is 0 Å². The Balaban J connectivity index is 2.39. The Bertz CT molecular complexity index is 410. The fraction of sp³-hybridized carbons (Fsp3) is 0.429. The van der Waals surface area contributed by atoms with Gasteiger partial charge in [-0.2, -0.15) is 5.26 Å². The van der Waals surface area contributed by atoms with E-state index in [0.29, 0.717) is 0 Å². The first-order chi connectivity index (χ1) is 8.63. The quantitative estimate of drug-likeness (QED) is 0.869. The van der Waals surface area contributed by atoms with Crippen LogP contribution in [0.3, 0.4) is 0 Å². The molecule has 0 heterocycles. The second kappa shape index (κ2) is 7.33. The van der Waals surface area contributed by atoms with Gasteiger partial charge < -0.3 is 10.1 Å². The van der Waals surface area contributed by atoms with E-state index in [1.54, 1.807) is 0 Å². The highest BCUT2D eigenvalue weighted by Gasteiger charge is 2.16. The number of nitrogens with zero attached hydrogens (tertiary/aromatic N) is 1. The molecule has 0 aromatic heterocycles. The van der Waals surface area contributed by atoms with Crippen LogP contribution >= 0.6 is 0 Å². The molecule has 0 spiro atoms. The summed E-state index contributed by atoms with van der Waals surface area (Å²) >= 11 is 0. The van der Waals surface area contributed by atoms with Gasteiger partial charge in [0.1, 0.15) is 6.61 Å². The summed E-state index contributed by atoms with van der Waals surface area (Å²) in [5, 5.41) is 11.4. The van der Waals surface area contributed by atoms with Gasteiger partial charge in [-0.1, -0.05) is 44.2 Å². The molecular weight excluding hydrogens is 228 g/mol. The van der Waals surface area contributed by atoms with E-state index in [9.17, 15) is 4.79 Å². The summed E-state index contributed by atoms with van der Waals surface area (Å²) in [4.78, 5) is 11.6. The topological polar surface area (TPSA) is 62.1 Å². The number of amides is 1. The van der Waals surface area contributed by atoms with Crippen molar-refractivity contribution in [1.29, 1.82) is 5.26 Å². The van der Waals surface area contributed by atoms with Crippen LogP contribution in [0, 0.1) is 17.2 Å². The third-order valence-corrected chi connectivity index (χ3v) is 2.63. The number of nitriles is 1. The van der Waals surface area contributed by atoms with E-state index in [4.69, 9.17) is 10.00 Å². The van der Waals surface area contributed by atoms with E-state index in [-0.39, 0.29) is 25.0 Å². The minimum Gasteiger partial charge on any atom is -0.445 e. The molecule has 1 rings (SSSR count). The summed E-state index contributed by atoms with van der Waals surface area (Å²) in [7, 11) is 0. The van der Waals surface area contributed by atoms with Crippen molar-refractivity contribution in [2.75, 3.05) is 0 Å². The van der Waals surface area contributed by atoms with E-state index >= 15 is 0 Å². The van der Waals surface area contributed by atoms with Gasteiger partial charge in [0, 0.05) is 6.04 Å². The van der Waals surface area contributed by atoms with E-state index in [1.807, 2.05) is 44.2 Å². The Morgan fingerprint density at radius 2 is 2.06 bits per heavy atom. The Hall–Kier alpha value is -2.02. The number of hydrogen-bond acceptors (Lipinski definition) is 3. The van der Waals surface area contributed by atoms with Gasteiger partial charge >= 0.3 is 6.09 Å². The van der Waals surface area contributed by atoms with Crippen LogP contribution < -0.4 is 5.32 Å². The van der Waals surface area contributed by atoms with E-state index in [1.165, 1.54) is 0 Å². The molecule has 4 heteroatoms. The molecule has 0 aliphatic heterocycles.